The third-order valence-electron chi connectivity index (χ3n) is 3.76. The molecule has 0 bridgehead atoms. The Labute approximate surface area is 126 Å². The number of aromatic amines is 1. The maximum Gasteiger partial charge on any atom is 0.254 e. The molecule has 2 heterocycles. The number of H-pyrrole nitrogens is 1. The van der Waals surface area contributed by atoms with Crippen LogP contribution in [0.4, 0.5) is 4.39 Å². The maximum atomic E-state index is 13.5. The topological polar surface area (TPSA) is 65.2 Å². The molecule has 1 atom stereocenters. The first-order chi connectivity index (χ1) is 10.6. The molecule has 6 heteroatoms. The number of rotatable bonds is 2. The second-order valence-corrected chi connectivity index (χ2v) is 5.22. The molecule has 1 amide bonds. The van der Waals surface area contributed by atoms with Gasteiger partial charge >= 0.3 is 0 Å². The van der Waals surface area contributed by atoms with Crippen LogP contribution in [-0.4, -0.2) is 35.4 Å². The molecule has 1 aliphatic rings. The summed E-state index contributed by atoms with van der Waals surface area (Å²) in [5.74, 6) is -0.548. The van der Waals surface area contributed by atoms with Crippen LogP contribution in [0, 0.1) is 5.82 Å². The van der Waals surface area contributed by atoms with Crippen molar-refractivity contribution in [1.29, 1.82) is 0 Å². The maximum absolute atomic E-state index is 13.5. The van der Waals surface area contributed by atoms with Crippen molar-refractivity contribution in [3.63, 3.8) is 0 Å². The summed E-state index contributed by atoms with van der Waals surface area (Å²) in [6.07, 6.45) is 1.45. The highest BCUT2D eigenvalue weighted by atomic mass is 19.1. The van der Waals surface area contributed by atoms with E-state index < -0.39 is 0 Å². The Hall–Kier alpha value is -2.47. The van der Waals surface area contributed by atoms with Gasteiger partial charge in [-0.25, -0.2) is 4.39 Å². The molecule has 1 unspecified atom stereocenters. The Morgan fingerprint density at radius 3 is 2.91 bits per heavy atom. The van der Waals surface area contributed by atoms with Crippen molar-refractivity contribution in [3.05, 3.63) is 69.9 Å². The number of carbonyl (C=O) groups is 1. The normalized spacial score (nSPS) is 18.2. The van der Waals surface area contributed by atoms with E-state index in [1.807, 2.05) is 0 Å². The van der Waals surface area contributed by atoms with E-state index in [4.69, 9.17) is 0 Å². The van der Waals surface area contributed by atoms with Crippen molar-refractivity contribution in [2.45, 2.75) is 6.04 Å². The second kappa shape index (κ2) is 6.11. The number of aromatic nitrogens is 1. The van der Waals surface area contributed by atoms with Gasteiger partial charge in [0.1, 0.15) is 5.82 Å². The van der Waals surface area contributed by atoms with Crippen molar-refractivity contribution in [1.82, 2.24) is 15.2 Å². The minimum Gasteiger partial charge on any atom is -0.329 e. The van der Waals surface area contributed by atoms with E-state index in [1.54, 1.807) is 23.1 Å². The zero-order valence-corrected chi connectivity index (χ0v) is 11.9. The molecule has 1 fully saturated rings. The molecule has 1 saturated heterocycles. The predicted molar refractivity (Wildman–Crippen MR) is 80.1 cm³/mol. The number of amides is 1. The number of hydrogen-bond acceptors (Lipinski definition) is 3. The minimum absolute atomic E-state index is 0.220. The first-order valence-electron chi connectivity index (χ1n) is 7.11. The van der Waals surface area contributed by atoms with Gasteiger partial charge in [0.05, 0.1) is 6.04 Å². The van der Waals surface area contributed by atoms with Gasteiger partial charge in [-0.3, -0.25) is 9.59 Å². The van der Waals surface area contributed by atoms with Crippen LogP contribution in [0.3, 0.4) is 0 Å². The largest absolute Gasteiger partial charge is 0.329 e. The number of piperazine rings is 1. The number of hydrogen-bond donors (Lipinski definition) is 2. The third kappa shape index (κ3) is 2.92. The van der Waals surface area contributed by atoms with E-state index >= 15 is 0 Å². The highest BCUT2D eigenvalue weighted by Gasteiger charge is 2.28. The summed E-state index contributed by atoms with van der Waals surface area (Å²) in [6, 6.07) is 8.87. The van der Waals surface area contributed by atoms with Gasteiger partial charge in [0.15, 0.2) is 0 Å². The molecule has 1 aromatic heterocycles. The van der Waals surface area contributed by atoms with Crippen molar-refractivity contribution in [2.75, 3.05) is 19.6 Å². The van der Waals surface area contributed by atoms with Crippen LogP contribution in [0.25, 0.3) is 0 Å². The van der Waals surface area contributed by atoms with E-state index in [0.717, 1.165) is 5.56 Å². The summed E-state index contributed by atoms with van der Waals surface area (Å²) in [4.78, 5) is 28.2. The molecule has 2 aromatic rings. The third-order valence-corrected chi connectivity index (χ3v) is 3.76. The predicted octanol–water partition coefficient (Wildman–Crippen LogP) is 1.30. The lowest BCUT2D eigenvalue weighted by Gasteiger charge is -2.36. The van der Waals surface area contributed by atoms with Crippen molar-refractivity contribution in [2.24, 2.45) is 0 Å². The van der Waals surface area contributed by atoms with Gasteiger partial charge in [-0.2, -0.15) is 0 Å². The number of benzene rings is 1. The van der Waals surface area contributed by atoms with Crippen LogP contribution in [0.2, 0.25) is 0 Å². The van der Waals surface area contributed by atoms with Crippen LogP contribution >= 0.6 is 0 Å². The quantitative estimate of drug-likeness (QED) is 0.879. The molecular weight excluding hydrogens is 285 g/mol. The number of nitrogens with one attached hydrogen (secondary N) is 2. The number of carbonyl (C=O) groups excluding carboxylic acids is 1. The number of halogens is 1. The summed E-state index contributed by atoms with van der Waals surface area (Å²) in [6.45, 7) is 1.73. The van der Waals surface area contributed by atoms with Crippen molar-refractivity contribution >= 4 is 5.91 Å². The lowest BCUT2D eigenvalue weighted by molar-refractivity contribution is 0.0633. The molecule has 114 valence electrons. The monoisotopic (exact) mass is 301 g/mol. The first kappa shape index (κ1) is 14.5. The Kier molecular flexibility index (Phi) is 4.02. The minimum atomic E-state index is -0.327. The molecule has 2 N–H and O–H groups in total. The van der Waals surface area contributed by atoms with E-state index in [0.29, 0.717) is 25.2 Å². The molecule has 0 radical (unpaired) electrons. The van der Waals surface area contributed by atoms with E-state index in [2.05, 4.69) is 10.3 Å². The molecule has 1 aliphatic heterocycles. The van der Waals surface area contributed by atoms with Crippen LogP contribution in [0.1, 0.15) is 22.0 Å². The van der Waals surface area contributed by atoms with Crippen molar-refractivity contribution < 1.29 is 9.18 Å². The molecule has 1 aromatic carbocycles. The molecule has 22 heavy (non-hydrogen) atoms. The highest BCUT2D eigenvalue weighted by molar-refractivity contribution is 5.94. The Morgan fingerprint density at radius 1 is 1.27 bits per heavy atom. The van der Waals surface area contributed by atoms with Gasteiger partial charge in [0, 0.05) is 37.5 Å². The van der Waals surface area contributed by atoms with Gasteiger partial charge in [0.2, 0.25) is 5.56 Å². The lowest BCUT2D eigenvalue weighted by atomic mass is 10.0. The van der Waals surface area contributed by atoms with Crippen LogP contribution in [0.5, 0.6) is 0 Å². The zero-order chi connectivity index (χ0) is 15.5. The fraction of sp³-hybridized carbons (Fsp3) is 0.250. The summed E-state index contributed by atoms with van der Waals surface area (Å²) in [5.41, 5.74) is 0.765. The summed E-state index contributed by atoms with van der Waals surface area (Å²) < 4.78 is 13.5. The standard InChI is InChI=1S/C16H16FN3O2/c17-13-3-1-2-11(8-13)14-10-18-6-7-20(14)16(22)12-4-5-19-15(21)9-12/h1-5,8-9,14,18H,6-7,10H2,(H,19,21). The van der Waals surface area contributed by atoms with Gasteiger partial charge < -0.3 is 15.2 Å². The summed E-state index contributed by atoms with van der Waals surface area (Å²) >= 11 is 0. The number of pyridine rings is 1. The Morgan fingerprint density at radius 2 is 2.14 bits per heavy atom. The van der Waals surface area contributed by atoms with E-state index in [1.165, 1.54) is 24.4 Å². The lowest BCUT2D eigenvalue weighted by Crippen LogP contribution is -2.48. The Bertz CT molecular complexity index is 744. The molecule has 0 spiro atoms. The molecule has 5 nitrogen and oxygen atoms in total. The molecule has 0 aliphatic carbocycles. The average Bonchev–Trinajstić information content (AvgIpc) is 2.54. The van der Waals surface area contributed by atoms with Crippen LogP contribution in [0.15, 0.2) is 47.4 Å². The smallest absolute Gasteiger partial charge is 0.254 e. The molecular formula is C16H16FN3O2. The SMILES string of the molecule is O=C(c1cc[nH]c(=O)c1)N1CCNCC1c1cccc(F)c1. The fourth-order valence-corrected chi connectivity index (χ4v) is 2.70. The van der Waals surface area contributed by atoms with Crippen LogP contribution < -0.4 is 10.9 Å². The van der Waals surface area contributed by atoms with Gasteiger partial charge in [-0.05, 0) is 23.8 Å². The molecule has 3 rings (SSSR count). The first-order valence-corrected chi connectivity index (χ1v) is 7.11. The summed E-state index contributed by atoms with van der Waals surface area (Å²) in [7, 11) is 0. The van der Waals surface area contributed by atoms with E-state index in [9.17, 15) is 14.0 Å². The summed E-state index contributed by atoms with van der Waals surface area (Å²) in [5, 5.41) is 3.22. The van der Waals surface area contributed by atoms with Gasteiger partial charge in [0.25, 0.3) is 5.91 Å². The molecule has 0 saturated carbocycles. The van der Waals surface area contributed by atoms with Gasteiger partial charge in [-0.1, -0.05) is 12.1 Å². The zero-order valence-electron chi connectivity index (χ0n) is 11.9. The van der Waals surface area contributed by atoms with Gasteiger partial charge in [-0.15, -0.1) is 0 Å². The van der Waals surface area contributed by atoms with Crippen LogP contribution in [-0.2, 0) is 0 Å². The van der Waals surface area contributed by atoms with E-state index in [-0.39, 0.29) is 23.3 Å². The highest BCUT2D eigenvalue weighted by Crippen LogP contribution is 2.24. The Balaban J connectivity index is 1.92. The average molecular weight is 301 g/mol. The number of nitrogens with zero attached hydrogens (tertiary/aromatic N) is 1. The fourth-order valence-electron chi connectivity index (χ4n) is 2.70. The van der Waals surface area contributed by atoms with Crippen molar-refractivity contribution in [3.8, 4) is 0 Å². The second-order valence-electron chi connectivity index (χ2n) is 5.22.